The predicted octanol–water partition coefficient (Wildman–Crippen LogP) is 2.81. The van der Waals surface area contributed by atoms with Gasteiger partial charge in [0.15, 0.2) is 0 Å². The molecule has 2 heterocycles. The van der Waals surface area contributed by atoms with Crippen molar-refractivity contribution >= 4 is 23.1 Å². The van der Waals surface area contributed by atoms with E-state index < -0.39 is 6.10 Å². The number of hydrogen-bond donors (Lipinski definition) is 1. The molecule has 0 spiro atoms. The summed E-state index contributed by atoms with van der Waals surface area (Å²) in [6, 6.07) is 0. The predicted molar refractivity (Wildman–Crippen MR) is 62.0 cm³/mol. The van der Waals surface area contributed by atoms with Gasteiger partial charge < -0.3 is 5.11 Å². The Labute approximate surface area is 92.8 Å². The molecule has 0 aliphatic carbocycles. The molecule has 1 aliphatic heterocycles. The van der Waals surface area contributed by atoms with Gasteiger partial charge in [0.2, 0.25) is 0 Å². The first-order valence-corrected chi connectivity index (χ1v) is 7.02. The molecule has 0 saturated carbocycles. The van der Waals surface area contributed by atoms with Gasteiger partial charge in [-0.1, -0.05) is 0 Å². The standard InChI is InChI=1S/C10H15NOS2/c1-7(12)9-6-14-10(11-9)8-3-2-4-13-5-8/h6-8,12H,2-5H2,1H3. The summed E-state index contributed by atoms with van der Waals surface area (Å²) in [6.07, 6.45) is 2.15. The van der Waals surface area contributed by atoms with Crippen LogP contribution in [0.4, 0.5) is 0 Å². The second kappa shape index (κ2) is 4.64. The summed E-state index contributed by atoms with van der Waals surface area (Å²) in [5, 5.41) is 12.6. The molecule has 1 N–H and O–H groups in total. The molecule has 1 aromatic rings. The Morgan fingerprint density at radius 3 is 3.07 bits per heavy atom. The van der Waals surface area contributed by atoms with Crippen molar-refractivity contribution in [3.8, 4) is 0 Å². The van der Waals surface area contributed by atoms with Crippen LogP contribution in [-0.4, -0.2) is 21.6 Å². The molecule has 0 bridgehead atoms. The lowest BCUT2D eigenvalue weighted by Gasteiger charge is -2.18. The number of thioether (sulfide) groups is 1. The van der Waals surface area contributed by atoms with Crippen molar-refractivity contribution in [2.45, 2.75) is 31.8 Å². The van der Waals surface area contributed by atoms with Gasteiger partial charge in [0.1, 0.15) is 0 Å². The molecule has 1 aliphatic rings. The quantitative estimate of drug-likeness (QED) is 0.846. The Morgan fingerprint density at radius 2 is 2.50 bits per heavy atom. The average Bonchev–Trinajstić information content (AvgIpc) is 2.68. The van der Waals surface area contributed by atoms with Crippen molar-refractivity contribution in [1.82, 2.24) is 4.98 Å². The Balaban J connectivity index is 2.07. The van der Waals surface area contributed by atoms with Crippen LogP contribution in [0.15, 0.2) is 5.38 Å². The Bertz CT molecular complexity index is 292. The topological polar surface area (TPSA) is 33.1 Å². The molecule has 2 nitrogen and oxygen atoms in total. The molecule has 1 fully saturated rings. The van der Waals surface area contributed by atoms with Crippen molar-refractivity contribution in [2.24, 2.45) is 0 Å². The van der Waals surface area contributed by atoms with Gasteiger partial charge in [-0.3, -0.25) is 0 Å². The number of aliphatic hydroxyl groups excluding tert-OH is 1. The lowest BCUT2D eigenvalue weighted by atomic mass is 10.1. The van der Waals surface area contributed by atoms with Crippen molar-refractivity contribution < 1.29 is 5.11 Å². The molecule has 2 unspecified atom stereocenters. The smallest absolute Gasteiger partial charge is 0.0968 e. The van der Waals surface area contributed by atoms with E-state index >= 15 is 0 Å². The Hall–Kier alpha value is -0.0600. The van der Waals surface area contributed by atoms with Crippen LogP contribution in [0.5, 0.6) is 0 Å². The fourth-order valence-electron chi connectivity index (χ4n) is 1.62. The normalized spacial score (nSPS) is 24.9. The first-order chi connectivity index (χ1) is 6.77. The monoisotopic (exact) mass is 229 g/mol. The minimum absolute atomic E-state index is 0.420. The lowest BCUT2D eigenvalue weighted by Crippen LogP contribution is -2.08. The Morgan fingerprint density at radius 1 is 1.64 bits per heavy atom. The van der Waals surface area contributed by atoms with Gasteiger partial charge in [0, 0.05) is 17.1 Å². The largest absolute Gasteiger partial charge is 0.387 e. The van der Waals surface area contributed by atoms with Gasteiger partial charge in [-0.25, -0.2) is 4.98 Å². The summed E-state index contributed by atoms with van der Waals surface area (Å²) in [4.78, 5) is 4.49. The van der Waals surface area contributed by atoms with Crippen LogP contribution in [0.3, 0.4) is 0 Å². The molecule has 0 aromatic carbocycles. The molecule has 1 saturated heterocycles. The third kappa shape index (κ3) is 2.30. The highest BCUT2D eigenvalue weighted by Gasteiger charge is 2.19. The highest BCUT2D eigenvalue weighted by molar-refractivity contribution is 7.99. The number of rotatable bonds is 2. The first-order valence-electron chi connectivity index (χ1n) is 4.98. The van der Waals surface area contributed by atoms with Crippen molar-refractivity contribution in [1.29, 1.82) is 0 Å². The molecule has 78 valence electrons. The molecule has 4 heteroatoms. The fraction of sp³-hybridized carbons (Fsp3) is 0.700. The molecule has 14 heavy (non-hydrogen) atoms. The van der Waals surface area contributed by atoms with Crippen LogP contribution in [0.25, 0.3) is 0 Å². The summed E-state index contributed by atoms with van der Waals surface area (Å²) in [5.74, 6) is 3.13. The van der Waals surface area contributed by atoms with Crippen molar-refractivity contribution in [3.63, 3.8) is 0 Å². The third-order valence-electron chi connectivity index (χ3n) is 2.48. The Kier molecular flexibility index (Phi) is 3.47. The van der Waals surface area contributed by atoms with Gasteiger partial charge in [-0.15, -0.1) is 11.3 Å². The molecule has 0 amide bonds. The van der Waals surface area contributed by atoms with E-state index in [9.17, 15) is 5.11 Å². The second-order valence-electron chi connectivity index (χ2n) is 3.70. The maximum absolute atomic E-state index is 9.37. The van der Waals surface area contributed by atoms with E-state index in [4.69, 9.17) is 0 Å². The van der Waals surface area contributed by atoms with Gasteiger partial charge in [-0.05, 0) is 25.5 Å². The van der Waals surface area contributed by atoms with E-state index in [1.54, 1.807) is 18.3 Å². The van der Waals surface area contributed by atoms with E-state index in [1.807, 2.05) is 17.1 Å². The number of nitrogens with zero attached hydrogens (tertiary/aromatic N) is 1. The van der Waals surface area contributed by atoms with Gasteiger partial charge >= 0.3 is 0 Å². The van der Waals surface area contributed by atoms with Gasteiger partial charge in [-0.2, -0.15) is 11.8 Å². The number of aromatic nitrogens is 1. The van der Waals surface area contributed by atoms with E-state index in [1.165, 1.54) is 29.4 Å². The number of hydrogen-bond acceptors (Lipinski definition) is 4. The minimum Gasteiger partial charge on any atom is -0.387 e. The zero-order valence-electron chi connectivity index (χ0n) is 8.27. The van der Waals surface area contributed by atoms with E-state index in [0.717, 1.165) is 5.69 Å². The maximum atomic E-state index is 9.37. The van der Waals surface area contributed by atoms with Crippen LogP contribution < -0.4 is 0 Å². The highest BCUT2D eigenvalue weighted by atomic mass is 32.2. The number of thiazole rings is 1. The van der Waals surface area contributed by atoms with Crippen LogP contribution in [0.1, 0.15) is 42.5 Å². The summed E-state index contributed by atoms with van der Waals surface area (Å²) in [7, 11) is 0. The summed E-state index contributed by atoms with van der Waals surface area (Å²) >= 11 is 3.72. The number of aliphatic hydroxyl groups is 1. The van der Waals surface area contributed by atoms with Crippen LogP contribution in [-0.2, 0) is 0 Å². The van der Waals surface area contributed by atoms with E-state index in [0.29, 0.717) is 5.92 Å². The van der Waals surface area contributed by atoms with Crippen LogP contribution >= 0.6 is 23.1 Å². The van der Waals surface area contributed by atoms with Crippen LogP contribution in [0.2, 0.25) is 0 Å². The molecule has 0 radical (unpaired) electrons. The van der Waals surface area contributed by atoms with Crippen LogP contribution in [0, 0.1) is 0 Å². The first kappa shape index (κ1) is 10.5. The zero-order valence-corrected chi connectivity index (χ0v) is 9.90. The van der Waals surface area contributed by atoms with Gasteiger partial charge in [0.25, 0.3) is 0 Å². The highest BCUT2D eigenvalue weighted by Crippen LogP contribution is 2.33. The van der Waals surface area contributed by atoms with Crippen molar-refractivity contribution in [3.05, 3.63) is 16.1 Å². The maximum Gasteiger partial charge on any atom is 0.0968 e. The van der Waals surface area contributed by atoms with E-state index in [-0.39, 0.29) is 0 Å². The average molecular weight is 229 g/mol. The van der Waals surface area contributed by atoms with Gasteiger partial charge in [0.05, 0.1) is 16.8 Å². The molecule has 1 aromatic heterocycles. The molecular formula is C10H15NOS2. The third-order valence-corrected chi connectivity index (χ3v) is 4.72. The molecule has 2 rings (SSSR count). The molecule has 2 atom stereocenters. The second-order valence-corrected chi connectivity index (χ2v) is 5.74. The summed E-state index contributed by atoms with van der Waals surface area (Å²) in [6.45, 7) is 1.77. The summed E-state index contributed by atoms with van der Waals surface area (Å²) < 4.78 is 0. The lowest BCUT2D eigenvalue weighted by molar-refractivity contribution is 0.195. The SMILES string of the molecule is CC(O)c1csc(C2CCCSC2)n1. The van der Waals surface area contributed by atoms with Crippen molar-refractivity contribution in [2.75, 3.05) is 11.5 Å². The zero-order chi connectivity index (χ0) is 9.97. The fourth-order valence-corrected chi connectivity index (χ4v) is 3.91. The minimum atomic E-state index is -0.420. The molecular weight excluding hydrogens is 214 g/mol. The summed E-state index contributed by atoms with van der Waals surface area (Å²) in [5.41, 5.74) is 0.834. The van der Waals surface area contributed by atoms with E-state index in [2.05, 4.69) is 4.98 Å².